The highest BCUT2D eigenvalue weighted by Gasteiger charge is 2.12. The number of aromatic nitrogens is 3. The minimum absolute atomic E-state index is 0.692. The van der Waals surface area contributed by atoms with Gasteiger partial charge < -0.3 is 0 Å². The van der Waals surface area contributed by atoms with E-state index in [-0.39, 0.29) is 0 Å². The largest absolute Gasteiger partial charge is 0.208 e. The maximum absolute atomic E-state index is 4.77. The fourth-order valence-electron chi connectivity index (χ4n) is 2.95. The Hall–Kier alpha value is -3.33. The Labute approximate surface area is 159 Å². The smallest absolute Gasteiger partial charge is 0.164 e. The number of aryl methyl sites for hydroxylation is 3. The topological polar surface area (TPSA) is 38.7 Å². The molecule has 0 saturated carbocycles. The molecule has 3 aromatic carbocycles. The van der Waals surface area contributed by atoms with Crippen molar-refractivity contribution in [2.24, 2.45) is 0 Å². The van der Waals surface area contributed by atoms with E-state index < -0.39 is 0 Å². The van der Waals surface area contributed by atoms with Crippen molar-refractivity contribution in [2.75, 3.05) is 0 Å². The summed E-state index contributed by atoms with van der Waals surface area (Å²) in [6.07, 6.45) is 0. The SMILES string of the molecule is Cc1ccc(-c2nc(-c3ccc(C)cc3)nc(-c3cccc(C)c3)n2)cc1. The average molecular weight is 351 g/mol. The molecule has 3 heteroatoms. The zero-order chi connectivity index (χ0) is 18.8. The molecule has 4 aromatic rings. The van der Waals surface area contributed by atoms with Crippen molar-refractivity contribution < 1.29 is 0 Å². The molecule has 0 aliphatic rings. The van der Waals surface area contributed by atoms with Crippen molar-refractivity contribution in [3.63, 3.8) is 0 Å². The molecule has 3 nitrogen and oxygen atoms in total. The van der Waals surface area contributed by atoms with Gasteiger partial charge in [0.1, 0.15) is 0 Å². The van der Waals surface area contributed by atoms with Crippen LogP contribution in [-0.4, -0.2) is 15.0 Å². The molecule has 0 radical (unpaired) electrons. The van der Waals surface area contributed by atoms with Crippen LogP contribution in [0.5, 0.6) is 0 Å². The lowest BCUT2D eigenvalue weighted by Gasteiger charge is -2.09. The van der Waals surface area contributed by atoms with Gasteiger partial charge in [-0.2, -0.15) is 0 Å². The molecule has 4 rings (SSSR count). The summed E-state index contributed by atoms with van der Waals surface area (Å²) in [5.74, 6) is 2.08. The predicted octanol–water partition coefficient (Wildman–Crippen LogP) is 5.80. The van der Waals surface area contributed by atoms with Crippen LogP contribution in [-0.2, 0) is 0 Å². The summed E-state index contributed by atoms with van der Waals surface area (Å²) in [5.41, 5.74) is 6.59. The monoisotopic (exact) mass is 351 g/mol. The van der Waals surface area contributed by atoms with Gasteiger partial charge in [-0.05, 0) is 26.8 Å². The van der Waals surface area contributed by atoms with Crippen LogP contribution in [0.1, 0.15) is 16.7 Å². The number of hydrogen-bond acceptors (Lipinski definition) is 3. The average Bonchev–Trinajstić information content (AvgIpc) is 2.69. The Kier molecular flexibility index (Phi) is 4.51. The zero-order valence-corrected chi connectivity index (χ0v) is 15.8. The standard InChI is InChI=1S/C24H21N3/c1-16-7-11-19(12-8-16)22-25-23(20-13-9-17(2)10-14-20)27-24(26-22)21-6-4-5-18(3)15-21/h4-15H,1-3H3. The molecule has 27 heavy (non-hydrogen) atoms. The van der Waals surface area contributed by atoms with Crippen molar-refractivity contribution in [3.8, 4) is 34.2 Å². The maximum Gasteiger partial charge on any atom is 0.164 e. The van der Waals surface area contributed by atoms with Crippen LogP contribution in [0.15, 0.2) is 72.8 Å². The third-order valence-corrected chi connectivity index (χ3v) is 4.53. The van der Waals surface area contributed by atoms with Gasteiger partial charge in [-0.3, -0.25) is 0 Å². The van der Waals surface area contributed by atoms with E-state index in [9.17, 15) is 0 Å². The Balaban J connectivity index is 1.90. The third kappa shape index (κ3) is 3.77. The molecule has 0 atom stereocenters. The molecular formula is C24H21N3. The van der Waals surface area contributed by atoms with Crippen LogP contribution in [0.2, 0.25) is 0 Å². The minimum atomic E-state index is 0.692. The summed E-state index contributed by atoms with van der Waals surface area (Å²) in [6.45, 7) is 6.23. The molecule has 0 spiro atoms. The number of benzene rings is 3. The van der Waals surface area contributed by atoms with Gasteiger partial charge in [0.25, 0.3) is 0 Å². The Bertz CT molecular complexity index is 1020. The van der Waals surface area contributed by atoms with Crippen LogP contribution in [0, 0.1) is 20.8 Å². The molecule has 0 N–H and O–H groups in total. The van der Waals surface area contributed by atoms with Gasteiger partial charge >= 0.3 is 0 Å². The van der Waals surface area contributed by atoms with Gasteiger partial charge in [0.05, 0.1) is 0 Å². The van der Waals surface area contributed by atoms with Gasteiger partial charge in [0, 0.05) is 16.7 Å². The summed E-state index contributed by atoms with van der Waals surface area (Å²) in [5, 5.41) is 0. The molecular weight excluding hydrogens is 330 g/mol. The van der Waals surface area contributed by atoms with E-state index in [1.807, 2.05) is 12.1 Å². The molecule has 0 aliphatic heterocycles. The van der Waals surface area contributed by atoms with Crippen molar-refractivity contribution in [2.45, 2.75) is 20.8 Å². The highest BCUT2D eigenvalue weighted by atomic mass is 15.0. The summed E-state index contributed by atoms with van der Waals surface area (Å²) in [4.78, 5) is 14.3. The first kappa shape index (κ1) is 17.1. The molecule has 0 amide bonds. The lowest BCUT2D eigenvalue weighted by Crippen LogP contribution is -2.00. The van der Waals surface area contributed by atoms with Gasteiger partial charge in [-0.25, -0.2) is 15.0 Å². The first-order valence-corrected chi connectivity index (χ1v) is 9.06. The van der Waals surface area contributed by atoms with Crippen LogP contribution in [0.25, 0.3) is 34.2 Å². The summed E-state index contributed by atoms with van der Waals surface area (Å²) in [6, 6.07) is 24.8. The van der Waals surface area contributed by atoms with E-state index in [0.717, 1.165) is 16.7 Å². The van der Waals surface area contributed by atoms with E-state index in [1.54, 1.807) is 0 Å². The van der Waals surface area contributed by atoms with Crippen LogP contribution in [0.3, 0.4) is 0 Å². The van der Waals surface area contributed by atoms with Crippen molar-refractivity contribution in [3.05, 3.63) is 89.5 Å². The van der Waals surface area contributed by atoms with Gasteiger partial charge in [0.15, 0.2) is 17.5 Å². The van der Waals surface area contributed by atoms with Crippen molar-refractivity contribution in [1.29, 1.82) is 0 Å². The highest BCUT2D eigenvalue weighted by molar-refractivity contribution is 5.66. The quantitative estimate of drug-likeness (QED) is 0.468. The summed E-state index contributed by atoms with van der Waals surface area (Å²) < 4.78 is 0. The molecule has 1 aromatic heterocycles. The molecule has 0 saturated heterocycles. The van der Waals surface area contributed by atoms with Crippen molar-refractivity contribution in [1.82, 2.24) is 15.0 Å². The zero-order valence-electron chi connectivity index (χ0n) is 15.8. The normalized spacial score (nSPS) is 10.8. The lowest BCUT2D eigenvalue weighted by atomic mass is 10.1. The first-order valence-electron chi connectivity index (χ1n) is 9.06. The molecule has 132 valence electrons. The molecule has 0 fully saturated rings. The molecule has 0 aliphatic carbocycles. The Morgan fingerprint density at radius 2 is 0.889 bits per heavy atom. The third-order valence-electron chi connectivity index (χ3n) is 4.53. The summed E-state index contributed by atoms with van der Waals surface area (Å²) >= 11 is 0. The van der Waals surface area contributed by atoms with Crippen molar-refractivity contribution >= 4 is 0 Å². The van der Waals surface area contributed by atoms with E-state index in [4.69, 9.17) is 15.0 Å². The minimum Gasteiger partial charge on any atom is -0.208 e. The molecule has 0 unspecified atom stereocenters. The Morgan fingerprint density at radius 3 is 1.33 bits per heavy atom. The first-order chi connectivity index (χ1) is 13.1. The second-order valence-electron chi connectivity index (χ2n) is 6.91. The van der Waals surface area contributed by atoms with Crippen LogP contribution in [0.4, 0.5) is 0 Å². The second kappa shape index (κ2) is 7.12. The Morgan fingerprint density at radius 1 is 0.444 bits per heavy atom. The van der Waals surface area contributed by atoms with E-state index >= 15 is 0 Å². The number of rotatable bonds is 3. The van der Waals surface area contributed by atoms with E-state index in [2.05, 4.69) is 81.4 Å². The molecule has 1 heterocycles. The van der Waals surface area contributed by atoms with E-state index in [0.29, 0.717) is 17.5 Å². The lowest BCUT2D eigenvalue weighted by molar-refractivity contribution is 1.07. The number of hydrogen-bond donors (Lipinski definition) is 0. The van der Waals surface area contributed by atoms with E-state index in [1.165, 1.54) is 16.7 Å². The van der Waals surface area contributed by atoms with Crippen LogP contribution >= 0.6 is 0 Å². The number of nitrogens with zero attached hydrogens (tertiary/aromatic N) is 3. The van der Waals surface area contributed by atoms with Gasteiger partial charge in [0.2, 0.25) is 0 Å². The predicted molar refractivity (Wildman–Crippen MR) is 110 cm³/mol. The second-order valence-corrected chi connectivity index (χ2v) is 6.91. The maximum atomic E-state index is 4.77. The van der Waals surface area contributed by atoms with Crippen LogP contribution < -0.4 is 0 Å². The fraction of sp³-hybridized carbons (Fsp3) is 0.125. The van der Waals surface area contributed by atoms with Gasteiger partial charge in [-0.1, -0.05) is 83.4 Å². The fourth-order valence-corrected chi connectivity index (χ4v) is 2.95. The molecule has 0 bridgehead atoms. The summed E-state index contributed by atoms with van der Waals surface area (Å²) in [7, 11) is 0. The van der Waals surface area contributed by atoms with Gasteiger partial charge in [-0.15, -0.1) is 0 Å². The highest BCUT2D eigenvalue weighted by Crippen LogP contribution is 2.25.